The van der Waals surface area contributed by atoms with Crippen LogP contribution in [-0.4, -0.2) is 41.4 Å². The lowest BCUT2D eigenvalue weighted by molar-refractivity contribution is -0.384. The van der Waals surface area contributed by atoms with E-state index in [1.54, 1.807) is 11.8 Å². The predicted molar refractivity (Wildman–Crippen MR) is 88.0 cm³/mol. The largest absolute Gasteiger partial charge is 0.462 e. The summed E-state index contributed by atoms with van der Waals surface area (Å²) in [6.45, 7) is 5.04. The van der Waals surface area contributed by atoms with Gasteiger partial charge in [0.15, 0.2) is 0 Å². The van der Waals surface area contributed by atoms with Gasteiger partial charge in [-0.1, -0.05) is 6.92 Å². The molecule has 0 atom stereocenters. The van der Waals surface area contributed by atoms with Gasteiger partial charge in [-0.2, -0.15) is 0 Å². The Hall–Kier alpha value is -2.44. The summed E-state index contributed by atoms with van der Waals surface area (Å²) in [4.78, 5) is 36.9. The van der Waals surface area contributed by atoms with Crippen LogP contribution in [-0.2, 0) is 4.74 Å². The predicted octanol–water partition coefficient (Wildman–Crippen LogP) is 3.03. The van der Waals surface area contributed by atoms with Gasteiger partial charge in [-0.3, -0.25) is 14.9 Å². The molecule has 0 aromatic heterocycles. The number of nitro benzene ring substituents is 1. The van der Waals surface area contributed by atoms with Crippen molar-refractivity contribution in [3.05, 3.63) is 39.4 Å². The van der Waals surface area contributed by atoms with Crippen molar-refractivity contribution in [3.63, 3.8) is 0 Å². The first kappa shape index (κ1) is 17.9. The van der Waals surface area contributed by atoms with Crippen LogP contribution in [0.2, 0.25) is 0 Å². The monoisotopic (exact) mass is 334 g/mol. The first-order valence-corrected chi connectivity index (χ1v) is 8.22. The fourth-order valence-electron chi connectivity index (χ4n) is 2.51. The molecule has 1 amide bonds. The molecule has 1 aliphatic carbocycles. The number of amides is 1. The van der Waals surface area contributed by atoms with Crippen LogP contribution in [0.3, 0.4) is 0 Å². The van der Waals surface area contributed by atoms with Gasteiger partial charge in [-0.15, -0.1) is 0 Å². The highest BCUT2D eigenvalue weighted by Crippen LogP contribution is 2.30. The molecular weight excluding hydrogens is 312 g/mol. The zero-order chi connectivity index (χ0) is 17.7. The highest BCUT2D eigenvalue weighted by Gasteiger charge is 2.28. The molecule has 1 aromatic rings. The molecule has 0 N–H and O–H groups in total. The summed E-state index contributed by atoms with van der Waals surface area (Å²) in [6, 6.07) is 3.74. The van der Waals surface area contributed by atoms with Crippen molar-refractivity contribution in [3.8, 4) is 0 Å². The van der Waals surface area contributed by atoms with Gasteiger partial charge in [-0.25, -0.2) is 4.79 Å². The Morgan fingerprint density at radius 2 is 1.92 bits per heavy atom. The van der Waals surface area contributed by atoms with E-state index in [1.165, 1.54) is 12.1 Å². The molecule has 0 aliphatic heterocycles. The van der Waals surface area contributed by atoms with E-state index in [0.717, 1.165) is 25.3 Å². The van der Waals surface area contributed by atoms with E-state index >= 15 is 0 Å². The van der Waals surface area contributed by atoms with Gasteiger partial charge in [0.25, 0.3) is 11.6 Å². The molecule has 7 nitrogen and oxygen atoms in total. The number of carbonyl (C=O) groups is 2. The van der Waals surface area contributed by atoms with Gasteiger partial charge >= 0.3 is 5.97 Å². The van der Waals surface area contributed by atoms with E-state index < -0.39 is 10.9 Å². The van der Waals surface area contributed by atoms with Gasteiger partial charge < -0.3 is 9.64 Å². The summed E-state index contributed by atoms with van der Waals surface area (Å²) < 4.78 is 4.89. The molecule has 7 heteroatoms. The Morgan fingerprint density at radius 1 is 1.25 bits per heavy atom. The fraction of sp³-hybridized carbons (Fsp3) is 0.529. The summed E-state index contributed by atoms with van der Waals surface area (Å²) in [5.74, 6) is -0.429. The van der Waals surface area contributed by atoms with Crippen LogP contribution in [0, 0.1) is 16.0 Å². The molecule has 0 saturated heterocycles. The minimum absolute atomic E-state index is 0.0253. The second kappa shape index (κ2) is 7.90. The SMILES string of the molecule is CCCN(CC1CC1)C(=O)c1cc(C(=O)OCC)cc([N+](=O)[O-])c1. The third-order valence-electron chi connectivity index (χ3n) is 3.84. The van der Waals surface area contributed by atoms with Crippen molar-refractivity contribution < 1.29 is 19.2 Å². The zero-order valence-electron chi connectivity index (χ0n) is 14.0. The van der Waals surface area contributed by atoms with Gasteiger partial charge in [0, 0.05) is 30.8 Å². The van der Waals surface area contributed by atoms with Gasteiger partial charge in [0.1, 0.15) is 0 Å². The van der Waals surface area contributed by atoms with Gasteiger partial charge in [0.05, 0.1) is 17.1 Å². The molecule has 0 spiro atoms. The van der Waals surface area contributed by atoms with Crippen LogP contribution >= 0.6 is 0 Å². The van der Waals surface area contributed by atoms with Crippen molar-refractivity contribution in [2.45, 2.75) is 33.1 Å². The summed E-state index contributed by atoms with van der Waals surface area (Å²) in [5.41, 5.74) is -0.106. The van der Waals surface area contributed by atoms with Crippen molar-refractivity contribution in [1.29, 1.82) is 0 Å². The van der Waals surface area contributed by atoms with Crippen LogP contribution in [0.4, 0.5) is 5.69 Å². The Morgan fingerprint density at radius 3 is 2.46 bits per heavy atom. The van der Waals surface area contributed by atoms with Crippen LogP contribution in [0.5, 0.6) is 0 Å². The first-order chi connectivity index (χ1) is 11.5. The molecule has 130 valence electrons. The number of non-ortho nitro benzene ring substituents is 1. The van der Waals surface area contributed by atoms with Gasteiger partial charge in [-0.05, 0) is 38.2 Å². The third kappa shape index (κ3) is 4.53. The lowest BCUT2D eigenvalue weighted by atomic mass is 10.1. The molecule has 0 heterocycles. The summed E-state index contributed by atoms with van der Waals surface area (Å²) >= 11 is 0. The minimum Gasteiger partial charge on any atom is -0.462 e. The Bertz CT molecular complexity index is 640. The molecule has 0 unspecified atom stereocenters. The Kier molecular flexibility index (Phi) is 5.89. The van der Waals surface area contributed by atoms with Crippen LogP contribution in [0.1, 0.15) is 53.8 Å². The average molecular weight is 334 g/mol. The number of carbonyl (C=O) groups excluding carboxylic acids is 2. The number of hydrogen-bond donors (Lipinski definition) is 0. The molecule has 24 heavy (non-hydrogen) atoms. The number of nitrogens with zero attached hydrogens (tertiary/aromatic N) is 2. The smallest absolute Gasteiger partial charge is 0.338 e. The van der Waals surface area contributed by atoms with E-state index in [1.807, 2.05) is 6.92 Å². The van der Waals surface area contributed by atoms with Crippen LogP contribution in [0.15, 0.2) is 18.2 Å². The van der Waals surface area contributed by atoms with E-state index in [2.05, 4.69) is 0 Å². The second-order valence-electron chi connectivity index (χ2n) is 5.94. The van der Waals surface area contributed by atoms with E-state index in [0.29, 0.717) is 19.0 Å². The molecule has 1 aliphatic rings. The van der Waals surface area contributed by atoms with E-state index in [4.69, 9.17) is 4.74 Å². The quantitative estimate of drug-likeness (QED) is 0.414. The third-order valence-corrected chi connectivity index (χ3v) is 3.84. The number of hydrogen-bond acceptors (Lipinski definition) is 5. The maximum atomic E-state index is 12.8. The van der Waals surface area contributed by atoms with Crippen LogP contribution in [0.25, 0.3) is 0 Å². The van der Waals surface area contributed by atoms with Crippen molar-refractivity contribution in [2.24, 2.45) is 5.92 Å². The average Bonchev–Trinajstić information content (AvgIpc) is 3.37. The van der Waals surface area contributed by atoms with E-state index in [-0.39, 0.29) is 29.3 Å². The number of ether oxygens (including phenoxy) is 1. The number of esters is 1. The van der Waals surface area contributed by atoms with E-state index in [9.17, 15) is 19.7 Å². The molecule has 1 saturated carbocycles. The topological polar surface area (TPSA) is 89.8 Å². The first-order valence-electron chi connectivity index (χ1n) is 8.22. The summed E-state index contributed by atoms with van der Waals surface area (Å²) in [5, 5.41) is 11.1. The molecule has 0 bridgehead atoms. The van der Waals surface area contributed by atoms with Gasteiger partial charge in [0.2, 0.25) is 0 Å². The maximum absolute atomic E-state index is 12.8. The number of rotatable bonds is 8. The Balaban J connectivity index is 2.33. The molecule has 0 radical (unpaired) electrons. The zero-order valence-corrected chi connectivity index (χ0v) is 14.0. The fourth-order valence-corrected chi connectivity index (χ4v) is 2.51. The Labute approximate surface area is 140 Å². The minimum atomic E-state index is -0.667. The van der Waals surface area contributed by atoms with Crippen molar-refractivity contribution in [1.82, 2.24) is 4.90 Å². The second-order valence-corrected chi connectivity index (χ2v) is 5.94. The molecular formula is C17H22N2O5. The van der Waals surface area contributed by atoms with Crippen LogP contribution < -0.4 is 0 Å². The highest BCUT2D eigenvalue weighted by molar-refractivity contribution is 5.99. The lowest BCUT2D eigenvalue weighted by Gasteiger charge is -2.22. The molecule has 1 fully saturated rings. The standard InChI is InChI=1S/C17H22N2O5/c1-3-7-18(11-12-5-6-12)16(20)13-8-14(17(21)24-4-2)10-15(9-13)19(22)23/h8-10,12H,3-7,11H2,1-2H3. The van der Waals surface area contributed by atoms with Crippen molar-refractivity contribution >= 4 is 17.6 Å². The summed E-state index contributed by atoms with van der Waals surface area (Å²) in [6.07, 6.45) is 3.02. The normalized spacial score (nSPS) is 13.4. The lowest BCUT2D eigenvalue weighted by Crippen LogP contribution is -2.33. The highest BCUT2D eigenvalue weighted by atomic mass is 16.6. The molecule has 1 aromatic carbocycles. The maximum Gasteiger partial charge on any atom is 0.338 e. The number of nitro groups is 1. The summed E-state index contributed by atoms with van der Waals surface area (Å²) in [7, 11) is 0. The van der Waals surface area contributed by atoms with Crippen molar-refractivity contribution in [2.75, 3.05) is 19.7 Å². The molecule has 2 rings (SSSR count). The number of benzene rings is 1.